The van der Waals surface area contributed by atoms with Gasteiger partial charge in [-0.2, -0.15) is 0 Å². The molecule has 1 aliphatic heterocycles. The van der Waals surface area contributed by atoms with Gasteiger partial charge in [-0.1, -0.05) is 11.6 Å². The lowest BCUT2D eigenvalue weighted by molar-refractivity contribution is -0.384. The van der Waals surface area contributed by atoms with Crippen molar-refractivity contribution in [2.75, 3.05) is 19.7 Å². The maximum atomic E-state index is 12.4. The maximum absolute atomic E-state index is 12.4. The Labute approximate surface area is 127 Å². The summed E-state index contributed by atoms with van der Waals surface area (Å²) in [6, 6.07) is 4.06. The summed E-state index contributed by atoms with van der Waals surface area (Å²) in [5.74, 6) is -0.170. The molecule has 1 aliphatic rings. The van der Waals surface area contributed by atoms with E-state index in [0.29, 0.717) is 25.3 Å². The van der Waals surface area contributed by atoms with Gasteiger partial charge in [0, 0.05) is 31.3 Å². The van der Waals surface area contributed by atoms with Crippen LogP contribution in [0.5, 0.6) is 0 Å². The van der Waals surface area contributed by atoms with E-state index < -0.39 is 4.92 Å². The largest absolute Gasteiger partial charge is 0.377 e. The molecule has 1 amide bonds. The lowest BCUT2D eigenvalue weighted by Gasteiger charge is -2.32. The van der Waals surface area contributed by atoms with Crippen LogP contribution in [-0.4, -0.2) is 41.5 Å². The molecule has 0 spiro atoms. The van der Waals surface area contributed by atoms with Gasteiger partial charge in [-0.25, -0.2) is 0 Å². The first-order valence-electron chi connectivity index (χ1n) is 6.87. The Morgan fingerprint density at radius 2 is 2.33 bits per heavy atom. The van der Waals surface area contributed by atoms with Gasteiger partial charge in [0.25, 0.3) is 11.6 Å². The van der Waals surface area contributed by atoms with E-state index in [1.165, 1.54) is 18.2 Å². The normalized spacial score (nSPS) is 18.6. The van der Waals surface area contributed by atoms with Crippen molar-refractivity contribution in [3.05, 3.63) is 38.9 Å². The van der Waals surface area contributed by atoms with E-state index in [4.69, 9.17) is 16.3 Å². The Bertz CT molecular complexity index is 548. The second-order valence-electron chi connectivity index (χ2n) is 4.89. The van der Waals surface area contributed by atoms with Gasteiger partial charge < -0.3 is 9.64 Å². The number of halogens is 1. The number of hydrogen-bond acceptors (Lipinski definition) is 4. The number of rotatable bonds is 4. The molecule has 2 rings (SSSR count). The molecule has 0 saturated carbocycles. The van der Waals surface area contributed by atoms with Crippen LogP contribution in [0.3, 0.4) is 0 Å². The molecule has 1 aromatic carbocycles. The zero-order chi connectivity index (χ0) is 15.4. The van der Waals surface area contributed by atoms with Crippen molar-refractivity contribution < 1.29 is 14.5 Å². The minimum absolute atomic E-state index is 0.0239. The summed E-state index contributed by atoms with van der Waals surface area (Å²) in [6.45, 7) is 3.76. The quantitative estimate of drug-likeness (QED) is 0.633. The molecule has 0 radical (unpaired) electrons. The molecule has 1 aromatic rings. The van der Waals surface area contributed by atoms with E-state index in [-0.39, 0.29) is 22.7 Å². The van der Waals surface area contributed by atoms with Crippen LogP contribution in [0.1, 0.15) is 30.1 Å². The van der Waals surface area contributed by atoms with Crippen LogP contribution < -0.4 is 0 Å². The highest BCUT2D eigenvalue weighted by molar-refractivity contribution is 6.33. The van der Waals surface area contributed by atoms with Crippen molar-refractivity contribution in [2.45, 2.75) is 25.9 Å². The molecule has 21 heavy (non-hydrogen) atoms. The summed E-state index contributed by atoms with van der Waals surface area (Å²) in [5, 5.41) is 10.7. The minimum atomic E-state index is -0.567. The smallest absolute Gasteiger partial charge is 0.287 e. The standard InChI is InChI=1S/C14H17ClN2O4/c1-2-21-11-4-3-7-16(9-11)14(18)10-5-6-13(17(19)20)12(15)8-10/h5-6,8,11H,2-4,7,9H2,1H3. The van der Waals surface area contributed by atoms with E-state index >= 15 is 0 Å². The van der Waals surface area contributed by atoms with Gasteiger partial charge in [0.2, 0.25) is 0 Å². The molecule has 114 valence electrons. The molecule has 0 bridgehead atoms. The number of piperidine rings is 1. The highest BCUT2D eigenvalue weighted by Crippen LogP contribution is 2.26. The van der Waals surface area contributed by atoms with Crippen molar-refractivity contribution >= 4 is 23.2 Å². The summed E-state index contributed by atoms with van der Waals surface area (Å²) >= 11 is 5.85. The fraction of sp³-hybridized carbons (Fsp3) is 0.500. The van der Waals surface area contributed by atoms with E-state index in [1.807, 2.05) is 6.92 Å². The molecule has 1 saturated heterocycles. The minimum Gasteiger partial charge on any atom is -0.377 e. The first-order valence-corrected chi connectivity index (χ1v) is 7.25. The second kappa shape index (κ2) is 6.87. The molecule has 1 unspecified atom stereocenters. The summed E-state index contributed by atoms with van der Waals surface area (Å²) in [5.41, 5.74) is 0.168. The molecule has 7 heteroatoms. The van der Waals surface area contributed by atoms with Crippen molar-refractivity contribution in [3.8, 4) is 0 Å². The van der Waals surface area contributed by atoms with Crippen LogP contribution in [0.4, 0.5) is 5.69 Å². The topological polar surface area (TPSA) is 72.7 Å². The van der Waals surface area contributed by atoms with E-state index in [2.05, 4.69) is 0 Å². The van der Waals surface area contributed by atoms with E-state index in [1.54, 1.807) is 4.90 Å². The summed E-state index contributed by atoms with van der Waals surface area (Å²) in [6.07, 6.45) is 1.89. The Morgan fingerprint density at radius 1 is 1.57 bits per heavy atom. The van der Waals surface area contributed by atoms with Gasteiger partial charge in [-0.3, -0.25) is 14.9 Å². The lowest BCUT2D eigenvalue weighted by Crippen LogP contribution is -2.43. The average molecular weight is 313 g/mol. The van der Waals surface area contributed by atoms with E-state index in [0.717, 1.165) is 12.8 Å². The van der Waals surface area contributed by atoms with Crippen LogP contribution in [0.2, 0.25) is 5.02 Å². The van der Waals surface area contributed by atoms with Crippen LogP contribution in [0.25, 0.3) is 0 Å². The van der Waals surface area contributed by atoms with Crippen molar-refractivity contribution in [2.24, 2.45) is 0 Å². The molecular weight excluding hydrogens is 296 g/mol. The fourth-order valence-electron chi connectivity index (χ4n) is 2.46. The number of nitrogens with zero attached hydrogens (tertiary/aromatic N) is 2. The zero-order valence-electron chi connectivity index (χ0n) is 11.8. The molecule has 1 heterocycles. The lowest BCUT2D eigenvalue weighted by atomic mass is 10.1. The van der Waals surface area contributed by atoms with Crippen molar-refractivity contribution in [1.82, 2.24) is 4.90 Å². The van der Waals surface area contributed by atoms with Gasteiger partial charge in [0.15, 0.2) is 0 Å². The summed E-state index contributed by atoms with van der Waals surface area (Å²) < 4.78 is 5.56. The van der Waals surface area contributed by atoms with Gasteiger partial charge in [-0.05, 0) is 31.9 Å². The predicted molar refractivity (Wildman–Crippen MR) is 78.7 cm³/mol. The predicted octanol–water partition coefficient (Wildman–Crippen LogP) is 2.89. The number of ether oxygens (including phenoxy) is 1. The van der Waals surface area contributed by atoms with Crippen molar-refractivity contribution in [3.63, 3.8) is 0 Å². The number of likely N-dealkylation sites (tertiary alicyclic amines) is 1. The number of carbonyl (C=O) groups is 1. The van der Waals surface area contributed by atoms with Gasteiger partial charge in [0.1, 0.15) is 5.02 Å². The van der Waals surface area contributed by atoms with E-state index in [9.17, 15) is 14.9 Å². The molecule has 1 atom stereocenters. The van der Waals surface area contributed by atoms with Gasteiger partial charge in [-0.15, -0.1) is 0 Å². The van der Waals surface area contributed by atoms with Crippen LogP contribution >= 0.6 is 11.6 Å². The molecule has 6 nitrogen and oxygen atoms in total. The van der Waals surface area contributed by atoms with Gasteiger partial charge in [0.05, 0.1) is 11.0 Å². The first-order chi connectivity index (χ1) is 10.0. The summed E-state index contributed by atoms with van der Waals surface area (Å²) in [7, 11) is 0. The molecule has 0 aromatic heterocycles. The monoisotopic (exact) mass is 312 g/mol. The van der Waals surface area contributed by atoms with Crippen LogP contribution in [-0.2, 0) is 4.74 Å². The number of nitro benzene ring substituents is 1. The Balaban J connectivity index is 2.12. The third-order valence-electron chi connectivity index (χ3n) is 3.46. The number of carbonyl (C=O) groups excluding carboxylic acids is 1. The van der Waals surface area contributed by atoms with Gasteiger partial charge >= 0.3 is 0 Å². The molecule has 1 fully saturated rings. The first kappa shape index (κ1) is 15.7. The Hall–Kier alpha value is -1.66. The third-order valence-corrected chi connectivity index (χ3v) is 3.76. The number of nitro groups is 1. The molecular formula is C14H17ClN2O4. The Morgan fingerprint density at radius 3 is 2.95 bits per heavy atom. The Kier molecular flexibility index (Phi) is 5.14. The molecule has 0 aliphatic carbocycles. The maximum Gasteiger partial charge on any atom is 0.287 e. The number of amides is 1. The van der Waals surface area contributed by atoms with Crippen LogP contribution in [0.15, 0.2) is 18.2 Å². The van der Waals surface area contributed by atoms with Crippen LogP contribution in [0, 0.1) is 10.1 Å². The highest BCUT2D eigenvalue weighted by Gasteiger charge is 2.25. The zero-order valence-corrected chi connectivity index (χ0v) is 12.5. The number of hydrogen-bond donors (Lipinski definition) is 0. The number of benzene rings is 1. The second-order valence-corrected chi connectivity index (χ2v) is 5.30. The molecule has 0 N–H and O–H groups in total. The van der Waals surface area contributed by atoms with Crippen molar-refractivity contribution in [1.29, 1.82) is 0 Å². The highest BCUT2D eigenvalue weighted by atomic mass is 35.5. The third kappa shape index (κ3) is 3.71. The average Bonchev–Trinajstić information content (AvgIpc) is 2.46. The summed E-state index contributed by atoms with van der Waals surface area (Å²) in [4.78, 5) is 24.3. The fourth-order valence-corrected chi connectivity index (χ4v) is 2.71. The SMILES string of the molecule is CCOC1CCCN(C(=O)c2ccc([N+](=O)[O-])c(Cl)c2)C1.